The van der Waals surface area contributed by atoms with Crippen LogP contribution in [0, 0.1) is 0 Å². The number of alkyl halides is 3. The number of aliphatic hydroxyl groups excluding tert-OH is 1. The molecule has 0 atom stereocenters. The first-order valence-corrected chi connectivity index (χ1v) is 12.9. The Kier molecular flexibility index (Phi) is 6.14. The highest BCUT2D eigenvalue weighted by atomic mass is 32.2. The summed E-state index contributed by atoms with van der Waals surface area (Å²) in [5, 5.41) is 18.1. The number of likely N-dealkylation sites (tertiary alicyclic amines) is 1. The van der Waals surface area contributed by atoms with Gasteiger partial charge in [0.1, 0.15) is 10.5 Å². The molecule has 0 saturated carbocycles. The maximum Gasteiger partial charge on any atom is 0.420 e. The van der Waals surface area contributed by atoms with Gasteiger partial charge in [-0.1, -0.05) is 19.1 Å². The molecule has 0 radical (unpaired) electrons. The van der Waals surface area contributed by atoms with Gasteiger partial charge in [-0.05, 0) is 24.1 Å². The number of hydrogen-bond acceptors (Lipinski definition) is 7. The van der Waals surface area contributed by atoms with Crippen LogP contribution in [0.5, 0.6) is 0 Å². The van der Waals surface area contributed by atoms with Gasteiger partial charge in [0.25, 0.3) is 15.9 Å². The maximum atomic E-state index is 13.6. The third-order valence-corrected chi connectivity index (χ3v) is 7.58. The average Bonchev–Trinajstić information content (AvgIpc) is 3.46. The number of aryl methyl sites for hydroxylation is 2. The van der Waals surface area contributed by atoms with E-state index in [0.717, 1.165) is 26.7 Å². The Bertz CT molecular complexity index is 1640. The van der Waals surface area contributed by atoms with Gasteiger partial charge in [0.05, 0.1) is 23.5 Å². The van der Waals surface area contributed by atoms with Gasteiger partial charge in [-0.2, -0.15) is 23.4 Å². The van der Waals surface area contributed by atoms with Crippen LogP contribution < -0.4 is 4.72 Å². The molecule has 1 aliphatic heterocycles. The van der Waals surface area contributed by atoms with E-state index in [1.807, 2.05) is 13.0 Å². The smallest absolute Gasteiger partial charge is 0.389 e. The second kappa shape index (κ2) is 9.09. The zero-order valence-electron chi connectivity index (χ0n) is 20.1. The van der Waals surface area contributed by atoms with Crippen molar-refractivity contribution < 1.29 is 31.5 Å². The van der Waals surface area contributed by atoms with Crippen molar-refractivity contribution in [1.29, 1.82) is 0 Å². The average molecular weight is 550 g/mol. The highest BCUT2D eigenvalue weighted by Crippen LogP contribution is 2.34. The number of benzene rings is 1. The lowest BCUT2D eigenvalue weighted by atomic mass is 10.1. The molecule has 1 saturated heterocycles. The molecule has 2 N–H and O–H groups in total. The molecule has 15 heteroatoms. The summed E-state index contributed by atoms with van der Waals surface area (Å²) in [6, 6.07) is 6.02. The Morgan fingerprint density at radius 1 is 1.18 bits per heavy atom. The number of nitrogens with one attached hydrogen (secondary N) is 1. The summed E-state index contributed by atoms with van der Waals surface area (Å²) in [5.41, 5.74) is -0.380. The van der Waals surface area contributed by atoms with E-state index in [9.17, 15) is 31.5 Å². The van der Waals surface area contributed by atoms with Gasteiger partial charge in [-0.3, -0.25) is 14.2 Å². The van der Waals surface area contributed by atoms with Gasteiger partial charge in [0, 0.05) is 37.9 Å². The van der Waals surface area contributed by atoms with Crippen LogP contribution in [0.4, 0.5) is 18.9 Å². The second-order valence-electron chi connectivity index (χ2n) is 8.81. The molecular weight excluding hydrogens is 527 g/mol. The Balaban J connectivity index is 1.46. The lowest BCUT2D eigenvalue weighted by Crippen LogP contribution is -2.53. The van der Waals surface area contributed by atoms with Gasteiger partial charge in [-0.25, -0.2) is 18.1 Å². The fourth-order valence-electron chi connectivity index (χ4n) is 4.20. The predicted molar refractivity (Wildman–Crippen MR) is 129 cm³/mol. The van der Waals surface area contributed by atoms with Crippen LogP contribution in [0.25, 0.3) is 16.7 Å². The molecule has 200 valence electrons. The number of aliphatic hydroxyl groups is 1. The van der Waals surface area contributed by atoms with E-state index in [1.165, 1.54) is 12.1 Å². The number of rotatable bonds is 6. The molecule has 38 heavy (non-hydrogen) atoms. The van der Waals surface area contributed by atoms with Crippen molar-refractivity contribution in [3.63, 3.8) is 0 Å². The summed E-state index contributed by atoms with van der Waals surface area (Å²) in [6.07, 6.45) is -1.88. The lowest BCUT2D eigenvalue weighted by Gasteiger charge is -2.35. The molecule has 0 unspecified atom stereocenters. The Hall–Kier alpha value is -3.98. The normalized spacial score (nSPS) is 14.6. The molecule has 5 rings (SSSR count). The standard InChI is InChI=1S/C23H22F3N7O4S/c1-3-13-4-5-14-8-28-31(2)21(14)19(13)30-38(36,37)16-6-7-18(27-9-16)33-12-17(23(24,25)26)20(29-33)22(35)32-10-15(34)11-32/h4-9,12,15,30,34H,3,10-11H2,1-2H3. The fraction of sp³-hybridized carbons (Fsp3) is 0.304. The fourth-order valence-corrected chi connectivity index (χ4v) is 5.26. The third kappa shape index (κ3) is 4.47. The predicted octanol–water partition coefficient (Wildman–Crippen LogP) is 2.35. The van der Waals surface area contributed by atoms with E-state index < -0.39 is 39.5 Å². The molecule has 0 spiro atoms. The highest BCUT2D eigenvalue weighted by molar-refractivity contribution is 7.92. The zero-order chi connectivity index (χ0) is 27.4. The van der Waals surface area contributed by atoms with Crippen LogP contribution in [0.15, 0.2) is 47.8 Å². The van der Waals surface area contributed by atoms with Crippen molar-refractivity contribution in [2.75, 3.05) is 17.8 Å². The number of amides is 1. The van der Waals surface area contributed by atoms with Crippen LogP contribution in [0.2, 0.25) is 0 Å². The molecule has 0 bridgehead atoms. The van der Waals surface area contributed by atoms with Crippen molar-refractivity contribution in [1.82, 2.24) is 29.4 Å². The number of fused-ring (bicyclic) bond motifs is 1. The number of carbonyl (C=O) groups excluding carboxylic acids is 1. The number of hydrogen-bond donors (Lipinski definition) is 2. The van der Waals surface area contributed by atoms with Gasteiger partial charge in [-0.15, -0.1) is 0 Å². The van der Waals surface area contributed by atoms with Crippen LogP contribution >= 0.6 is 0 Å². The zero-order valence-corrected chi connectivity index (χ0v) is 21.0. The molecule has 3 aromatic heterocycles. The number of carbonyl (C=O) groups is 1. The van der Waals surface area contributed by atoms with E-state index in [1.54, 1.807) is 24.0 Å². The Labute approximate surface area is 214 Å². The summed E-state index contributed by atoms with van der Waals surface area (Å²) in [6.45, 7) is 1.70. The number of aromatic nitrogens is 5. The maximum absolute atomic E-state index is 13.6. The third-order valence-electron chi connectivity index (χ3n) is 6.24. The van der Waals surface area contributed by atoms with Crippen molar-refractivity contribution in [3.8, 4) is 5.82 Å². The number of pyridine rings is 1. The van der Waals surface area contributed by atoms with Crippen molar-refractivity contribution in [2.45, 2.75) is 30.5 Å². The highest BCUT2D eigenvalue weighted by Gasteiger charge is 2.41. The molecular formula is C23H22F3N7O4S. The van der Waals surface area contributed by atoms with Crippen LogP contribution in [-0.2, 0) is 29.7 Å². The number of anilines is 1. The summed E-state index contributed by atoms with van der Waals surface area (Å²) in [7, 11) is -2.44. The van der Waals surface area contributed by atoms with Gasteiger partial charge < -0.3 is 10.0 Å². The minimum absolute atomic E-state index is 0.0902. The molecule has 1 aromatic carbocycles. The molecule has 1 amide bonds. The minimum Gasteiger partial charge on any atom is -0.389 e. The van der Waals surface area contributed by atoms with Crippen molar-refractivity contribution >= 4 is 32.5 Å². The summed E-state index contributed by atoms with van der Waals surface area (Å²) in [4.78, 5) is 17.3. The molecule has 4 aromatic rings. The SMILES string of the molecule is CCc1ccc2cnn(C)c2c1NS(=O)(=O)c1ccc(-n2cc(C(F)(F)F)c(C(=O)N3CC(O)C3)n2)nc1. The topological polar surface area (TPSA) is 135 Å². The van der Waals surface area contributed by atoms with Gasteiger partial charge in [0.15, 0.2) is 11.5 Å². The lowest BCUT2D eigenvalue weighted by molar-refractivity contribution is -0.138. The van der Waals surface area contributed by atoms with Crippen LogP contribution in [0.3, 0.4) is 0 Å². The second-order valence-corrected chi connectivity index (χ2v) is 10.5. The summed E-state index contributed by atoms with van der Waals surface area (Å²) >= 11 is 0. The Morgan fingerprint density at radius 2 is 1.92 bits per heavy atom. The number of nitrogens with zero attached hydrogens (tertiary/aromatic N) is 6. The number of β-amino-alcohol motifs (C(OH)–C–C–N with tert-alkyl or cyclic N) is 1. The van der Waals surface area contributed by atoms with Gasteiger partial charge >= 0.3 is 6.18 Å². The van der Waals surface area contributed by atoms with E-state index in [2.05, 4.69) is 19.9 Å². The molecule has 1 fully saturated rings. The van der Waals surface area contributed by atoms with E-state index >= 15 is 0 Å². The van der Waals surface area contributed by atoms with E-state index in [0.29, 0.717) is 23.8 Å². The first-order chi connectivity index (χ1) is 17.9. The largest absolute Gasteiger partial charge is 0.420 e. The number of halogens is 3. The first-order valence-electron chi connectivity index (χ1n) is 11.5. The van der Waals surface area contributed by atoms with Crippen molar-refractivity contribution in [3.05, 3.63) is 59.7 Å². The van der Waals surface area contributed by atoms with E-state index in [-0.39, 0.29) is 23.8 Å². The quantitative estimate of drug-likeness (QED) is 0.377. The van der Waals surface area contributed by atoms with Crippen LogP contribution in [0.1, 0.15) is 28.5 Å². The Morgan fingerprint density at radius 3 is 2.53 bits per heavy atom. The first kappa shape index (κ1) is 25.7. The molecule has 0 aliphatic carbocycles. The van der Waals surface area contributed by atoms with Crippen molar-refractivity contribution in [2.24, 2.45) is 7.05 Å². The summed E-state index contributed by atoms with van der Waals surface area (Å²) < 4.78 is 72.2. The van der Waals surface area contributed by atoms with E-state index in [4.69, 9.17) is 0 Å². The monoisotopic (exact) mass is 549 g/mol. The molecule has 1 aliphatic rings. The number of sulfonamides is 1. The summed E-state index contributed by atoms with van der Waals surface area (Å²) in [5.74, 6) is -1.10. The minimum atomic E-state index is -4.87. The van der Waals surface area contributed by atoms with Crippen LogP contribution in [-0.4, -0.2) is 68.1 Å². The molecule has 11 nitrogen and oxygen atoms in total. The molecule has 4 heterocycles. The van der Waals surface area contributed by atoms with Gasteiger partial charge in [0.2, 0.25) is 0 Å².